The van der Waals surface area contributed by atoms with Gasteiger partial charge in [0.15, 0.2) is 5.92 Å². The van der Waals surface area contributed by atoms with Crippen molar-refractivity contribution in [3.05, 3.63) is 0 Å². The van der Waals surface area contributed by atoms with Crippen LogP contribution in [0, 0.1) is 5.92 Å². The maximum Gasteiger partial charge on any atom is 0.403 e. The first-order valence-corrected chi connectivity index (χ1v) is 6.08. The summed E-state index contributed by atoms with van der Waals surface area (Å²) in [5.74, 6) is -3.47. The van der Waals surface area contributed by atoms with Gasteiger partial charge in [0.1, 0.15) is 0 Å². The van der Waals surface area contributed by atoms with Crippen molar-refractivity contribution in [3.8, 4) is 0 Å². The number of carbonyl (C=O) groups is 1. The molecule has 16 heavy (non-hydrogen) atoms. The number of aliphatic carboxylic acids is 1. The maximum absolute atomic E-state index is 12.4. The van der Waals surface area contributed by atoms with E-state index in [1.165, 1.54) is 23.7 Å². The second kappa shape index (κ2) is 6.34. The van der Waals surface area contributed by atoms with E-state index < -0.39 is 24.6 Å². The molecule has 3 nitrogen and oxygen atoms in total. The molecular weight excluding hydrogens is 243 g/mol. The summed E-state index contributed by atoms with van der Waals surface area (Å²) in [7, 11) is 1.50. The minimum absolute atomic E-state index is 0.0841. The first-order chi connectivity index (χ1) is 7.20. The van der Waals surface area contributed by atoms with Gasteiger partial charge in [0.25, 0.3) is 0 Å². The molecule has 0 aromatic carbocycles. The zero-order valence-electron chi connectivity index (χ0n) is 9.41. The molecule has 96 valence electrons. The van der Waals surface area contributed by atoms with E-state index in [4.69, 9.17) is 5.11 Å². The molecule has 0 aliphatic carbocycles. The Morgan fingerprint density at radius 2 is 2.00 bits per heavy atom. The van der Waals surface area contributed by atoms with Gasteiger partial charge < -0.3 is 10.0 Å². The third kappa shape index (κ3) is 5.07. The largest absolute Gasteiger partial charge is 0.481 e. The minimum atomic E-state index is -4.70. The van der Waals surface area contributed by atoms with E-state index >= 15 is 0 Å². The second-order valence-corrected chi connectivity index (χ2v) is 4.59. The molecule has 0 aliphatic heterocycles. The van der Waals surface area contributed by atoms with Crippen LogP contribution < -0.4 is 0 Å². The van der Waals surface area contributed by atoms with Crippen LogP contribution in [0.3, 0.4) is 0 Å². The van der Waals surface area contributed by atoms with Gasteiger partial charge in [0.05, 0.1) is 0 Å². The van der Waals surface area contributed by atoms with Gasteiger partial charge in [-0.2, -0.15) is 24.9 Å². The van der Waals surface area contributed by atoms with Crippen LogP contribution >= 0.6 is 11.8 Å². The molecule has 0 bridgehead atoms. The fourth-order valence-corrected chi connectivity index (χ4v) is 1.89. The summed E-state index contributed by atoms with van der Waals surface area (Å²) in [6, 6.07) is -0.0841. The Kier molecular flexibility index (Phi) is 6.17. The van der Waals surface area contributed by atoms with Crippen molar-refractivity contribution in [3.63, 3.8) is 0 Å². The van der Waals surface area contributed by atoms with Gasteiger partial charge in [0.2, 0.25) is 0 Å². The SMILES string of the molecule is CSCC(C)N(C)CC(C(=O)O)C(F)(F)F. The number of carboxylic acids is 1. The smallest absolute Gasteiger partial charge is 0.403 e. The highest BCUT2D eigenvalue weighted by atomic mass is 32.2. The number of hydrogen-bond acceptors (Lipinski definition) is 3. The normalized spacial score (nSPS) is 16.2. The predicted octanol–water partition coefficient (Wildman–Crippen LogP) is 1.93. The fraction of sp³-hybridized carbons (Fsp3) is 0.889. The molecule has 0 fully saturated rings. The highest BCUT2D eigenvalue weighted by molar-refractivity contribution is 7.98. The van der Waals surface area contributed by atoms with E-state index in [0.29, 0.717) is 5.75 Å². The van der Waals surface area contributed by atoms with Crippen molar-refractivity contribution in [1.29, 1.82) is 0 Å². The van der Waals surface area contributed by atoms with Gasteiger partial charge in [-0.25, -0.2) is 0 Å². The van der Waals surface area contributed by atoms with Crippen LogP contribution in [0.4, 0.5) is 13.2 Å². The predicted molar refractivity (Wildman–Crippen MR) is 57.7 cm³/mol. The van der Waals surface area contributed by atoms with E-state index in [1.807, 2.05) is 6.26 Å². The summed E-state index contributed by atoms with van der Waals surface area (Å²) in [6.45, 7) is 1.26. The molecule has 2 atom stereocenters. The molecule has 0 radical (unpaired) electrons. The van der Waals surface area contributed by atoms with E-state index in [0.717, 1.165) is 0 Å². The number of hydrogen-bond donors (Lipinski definition) is 1. The Morgan fingerprint density at radius 1 is 1.50 bits per heavy atom. The fourth-order valence-electron chi connectivity index (χ4n) is 1.16. The zero-order valence-corrected chi connectivity index (χ0v) is 10.2. The molecular formula is C9H16F3NO2S. The van der Waals surface area contributed by atoms with Gasteiger partial charge in [0, 0.05) is 18.3 Å². The molecule has 2 unspecified atom stereocenters. The average Bonchev–Trinajstić information content (AvgIpc) is 2.11. The van der Waals surface area contributed by atoms with E-state index in [1.54, 1.807) is 6.92 Å². The number of nitrogens with zero attached hydrogens (tertiary/aromatic N) is 1. The maximum atomic E-state index is 12.4. The van der Waals surface area contributed by atoms with Crippen LogP contribution in [0.1, 0.15) is 6.92 Å². The van der Waals surface area contributed by atoms with Crippen LogP contribution in [-0.4, -0.2) is 53.8 Å². The minimum Gasteiger partial charge on any atom is -0.481 e. The lowest BCUT2D eigenvalue weighted by Gasteiger charge is -2.27. The summed E-state index contributed by atoms with van der Waals surface area (Å²) in [4.78, 5) is 11.9. The van der Waals surface area contributed by atoms with Gasteiger partial charge >= 0.3 is 12.1 Å². The second-order valence-electron chi connectivity index (χ2n) is 3.68. The first-order valence-electron chi connectivity index (χ1n) is 4.68. The molecule has 0 amide bonds. The highest BCUT2D eigenvalue weighted by Gasteiger charge is 2.45. The van der Waals surface area contributed by atoms with Gasteiger partial charge in [-0.1, -0.05) is 0 Å². The lowest BCUT2D eigenvalue weighted by Crippen LogP contribution is -2.43. The van der Waals surface area contributed by atoms with Gasteiger partial charge in [-0.05, 0) is 20.2 Å². The van der Waals surface area contributed by atoms with Gasteiger partial charge in [-0.15, -0.1) is 0 Å². The molecule has 0 spiro atoms. The summed E-state index contributed by atoms with van der Waals surface area (Å²) >= 11 is 1.51. The summed E-state index contributed by atoms with van der Waals surface area (Å²) < 4.78 is 37.1. The Morgan fingerprint density at radius 3 is 2.31 bits per heavy atom. The molecule has 1 N–H and O–H groups in total. The number of carboxylic acid groups (broad SMARTS) is 1. The molecule has 0 aromatic heterocycles. The van der Waals surface area contributed by atoms with Crippen molar-refractivity contribution in [2.24, 2.45) is 5.92 Å². The van der Waals surface area contributed by atoms with Crippen molar-refractivity contribution < 1.29 is 23.1 Å². The van der Waals surface area contributed by atoms with Gasteiger partial charge in [-0.3, -0.25) is 4.79 Å². The van der Waals surface area contributed by atoms with Crippen LogP contribution in [0.5, 0.6) is 0 Å². The van der Waals surface area contributed by atoms with Crippen LogP contribution in [0.25, 0.3) is 0 Å². The lowest BCUT2D eigenvalue weighted by atomic mass is 10.1. The summed E-state index contributed by atoms with van der Waals surface area (Å²) in [5.41, 5.74) is 0. The molecule has 0 heterocycles. The Bertz CT molecular complexity index is 235. The van der Waals surface area contributed by atoms with Crippen molar-refractivity contribution in [2.45, 2.75) is 19.1 Å². The Labute approximate surface area is 97.0 Å². The van der Waals surface area contributed by atoms with Crippen molar-refractivity contribution in [1.82, 2.24) is 4.90 Å². The quantitative estimate of drug-likeness (QED) is 0.791. The Hall–Kier alpha value is -0.430. The number of rotatable bonds is 6. The molecule has 0 saturated carbocycles. The average molecular weight is 259 g/mol. The standard InChI is InChI=1S/C9H16F3NO2S/c1-6(5-16-3)13(2)4-7(8(14)15)9(10,11)12/h6-7H,4-5H2,1-3H3,(H,14,15). The number of halogens is 3. The van der Waals surface area contributed by atoms with E-state index in [9.17, 15) is 18.0 Å². The summed E-state index contributed by atoms with van der Waals surface area (Å²) in [5, 5.41) is 8.52. The molecule has 0 saturated heterocycles. The Balaban J connectivity index is 4.47. The lowest BCUT2D eigenvalue weighted by molar-refractivity contribution is -0.196. The molecule has 0 rings (SSSR count). The van der Waals surface area contributed by atoms with E-state index in [2.05, 4.69) is 0 Å². The third-order valence-electron chi connectivity index (χ3n) is 2.32. The molecule has 0 aromatic rings. The molecule has 0 aliphatic rings. The van der Waals surface area contributed by atoms with Crippen LogP contribution in [0.2, 0.25) is 0 Å². The summed E-state index contributed by atoms with van der Waals surface area (Å²) in [6.07, 6.45) is -2.85. The number of thioether (sulfide) groups is 1. The topological polar surface area (TPSA) is 40.5 Å². The monoisotopic (exact) mass is 259 g/mol. The molecule has 7 heteroatoms. The third-order valence-corrected chi connectivity index (χ3v) is 3.14. The van der Waals surface area contributed by atoms with E-state index in [-0.39, 0.29) is 6.04 Å². The highest BCUT2D eigenvalue weighted by Crippen LogP contribution is 2.27. The number of alkyl halides is 3. The van der Waals surface area contributed by atoms with Crippen molar-refractivity contribution >= 4 is 17.7 Å². The first kappa shape index (κ1) is 15.6. The zero-order chi connectivity index (χ0) is 12.9. The van der Waals surface area contributed by atoms with Crippen LogP contribution in [-0.2, 0) is 4.79 Å². The van der Waals surface area contributed by atoms with Crippen molar-refractivity contribution in [2.75, 3.05) is 25.6 Å². The van der Waals surface area contributed by atoms with Crippen LogP contribution in [0.15, 0.2) is 0 Å².